The third kappa shape index (κ3) is 5.35. The molecule has 1 aliphatic heterocycles. The molecular formula is C22H33N5O. The van der Waals surface area contributed by atoms with Crippen molar-refractivity contribution in [3.63, 3.8) is 0 Å². The minimum Gasteiger partial charge on any atom is -0.377 e. The number of ether oxygens (including phenoxy) is 1. The molecule has 2 heterocycles. The molecule has 1 N–H and O–H groups in total. The fourth-order valence-electron chi connectivity index (χ4n) is 3.64. The van der Waals surface area contributed by atoms with Crippen LogP contribution in [0.2, 0.25) is 0 Å². The smallest absolute Gasteiger partial charge is 0.194 e. The lowest BCUT2D eigenvalue weighted by atomic mass is 10.0. The minimum atomic E-state index is 0.521. The minimum absolute atomic E-state index is 0.521. The molecule has 0 amide bonds. The van der Waals surface area contributed by atoms with Crippen molar-refractivity contribution in [1.29, 1.82) is 0 Å². The van der Waals surface area contributed by atoms with Crippen molar-refractivity contribution in [3.05, 3.63) is 53.3 Å². The van der Waals surface area contributed by atoms with Gasteiger partial charge in [-0.05, 0) is 36.5 Å². The molecular weight excluding hydrogens is 350 g/mol. The van der Waals surface area contributed by atoms with E-state index in [0.29, 0.717) is 19.1 Å². The first-order valence-corrected chi connectivity index (χ1v) is 10.4. The molecule has 1 aromatic heterocycles. The van der Waals surface area contributed by atoms with Crippen molar-refractivity contribution in [2.45, 2.75) is 45.8 Å². The van der Waals surface area contributed by atoms with Crippen molar-refractivity contribution in [3.8, 4) is 0 Å². The van der Waals surface area contributed by atoms with Crippen LogP contribution in [0.15, 0.2) is 41.7 Å². The largest absolute Gasteiger partial charge is 0.377 e. The number of nitrogens with one attached hydrogen (secondary N) is 1. The number of hydrogen-bond donors (Lipinski definition) is 1. The van der Waals surface area contributed by atoms with E-state index in [2.05, 4.69) is 59.6 Å². The number of aromatic nitrogens is 2. The van der Waals surface area contributed by atoms with Gasteiger partial charge in [-0.3, -0.25) is 4.68 Å². The van der Waals surface area contributed by atoms with Crippen LogP contribution in [-0.2, 0) is 24.9 Å². The molecule has 0 spiro atoms. The highest BCUT2D eigenvalue weighted by atomic mass is 16.5. The second-order valence-electron chi connectivity index (χ2n) is 7.37. The van der Waals surface area contributed by atoms with Crippen molar-refractivity contribution in [2.24, 2.45) is 12.0 Å². The summed E-state index contributed by atoms with van der Waals surface area (Å²) in [7, 11) is 1.98. The Hall–Kier alpha value is -2.34. The van der Waals surface area contributed by atoms with Crippen molar-refractivity contribution >= 4 is 5.96 Å². The van der Waals surface area contributed by atoms with Crippen molar-refractivity contribution in [2.75, 3.05) is 26.2 Å². The maximum atomic E-state index is 5.75. The topological polar surface area (TPSA) is 54.7 Å². The fourth-order valence-corrected chi connectivity index (χ4v) is 3.64. The molecule has 152 valence electrons. The first-order chi connectivity index (χ1) is 13.7. The number of aliphatic imine (C=N–C) groups is 1. The SMILES string of the molecule is CCCOCc1ccccc1CN=C(NCC)N1CCC(c2cnn(C)c2)C1. The molecule has 0 aliphatic carbocycles. The summed E-state index contributed by atoms with van der Waals surface area (Å²) < 4.78 is 7.63. The number of benzene rings is 1. The fraction of sp³-hybridized carbons (Fsp3) is 0.545. The average molecular weight is 384 g/mol. The molecule has 6 heteroatoms. The van der Waals surface area contributed by atoms with Gasteiger partial charge in [-0.1, -0.05) is 31.2 Å². The normalized spacial score (nSPS) is 17.3. The van der Waals surface area contributed by atoms with Gasteiger partial charge in [0.1, 0.15) is 0 Å². The summed E-state index contributed by atoms with van der Waals surface area (Å²) in [4.78, 5) is 7.32. The van der Waals surface area contributed by atoms with E-state index < -0.39 is 0 Å². The van der Waals surface area contributed by atoms with E-state index in [-0.39, 0.29) is 0 Å². The maximum Gasteiger partial charge on any atom is 0.194 e. The molecule has 6 nitrogen and oxygen atoms in total. The first kappa shape index (κ1) is 20.4. The molecule has 0 bridgehead atoms. The van der Waals surface area contributed by atoms with Gasteiger partial charge in [0.25, 0.3) is 0 Å². The molecule has 1 saturated heterocycles. The summed E-state index contributed by atoms with van der Waals surface area (Å²) in [6.07, 6.45) is 6.30. The van der Waals surface area contributed by atoms with Crippen LogP contribution in [-0.4, -0.2) is 46.9 Å². The first-order valence-electron chi connectivity index (χ1n) is 10.4. The average Bonchev–Trinajstić information content (AvgIpc) is 3.35. The molecule has 28 heavy (non-hydrogen) atoms. The highest BCUT2D eigenvalue weighted by Crippen LogP contribution is 2.26. The monoisotopic (exact) mass is 383 g/mol. The summed E-state index contributed by atoms with van der Waals surface area (Å²) >= 11 is 0. The second-order valence-corrected chi connectivity index (χ2v) is 7.37. The van der Waals surface area contributed by atoms with Crippen molar-refractivity contribution < 1.29 is 4.74 Å². The number of guanidine groups is 1. The van der Waals surface area contributed by atoms with E-state index in [0.717, 1.165) is 45.0 Å². The summed E-state index contributed by atoms with van der Waals surface area (Å²) in [6.45, 7) is 9.25. The van der Waals surface area contributed by atoms with E-state index in [9.17, 15) is 0 Å². The quantitative estimate of drug-likeness (QED) is 0.432. The molecule has 0 radical (unpaired) electrons. The number of hydrogen-bond acceptors (Lipinski definition) is 3. The van der Waals surface area contributed by atoms with Crippen molar-refractivity contribution in [1.82, 2.24) is 20.0 Å². The molecule has 1 fully saturated rings. The summed E-state index contributed by atoms with van der Waals surface area (Å²) in [5.41, 5.74) is 3.78. The molecule has 1 unspecified atom stereocenters. The van der Waals surface area contributed by atoms with Crippen LogP contribution in [0.5, 0.6) is 0 Å². The number of rotatable bonds is 8. The van der Waals surface area contributed by atoms with E-state index >= 15 is 0 Å². The van der Waals surface area contributed by atoms with Crippen LogP contribution in [0.1, 0.15) is 49.3 Å². The van der Waals surface area contributed by atoms with Crippen LogP contribution in [0.3, 0.4) is 0 Å². The van der Waals surface area contributed by atoms with Gasteiger partial charge in [0, 0.05) is 45.4 Å². The van der Waals surface area contributed by atoms with Crippen LogP contribution in [0, 0.1) is 0 Å². The molecule has 1 aliphatic rings. The van der Waals surface area contributed by atoms with Crippen LogP contribution < -0.4 is 5.32 Å². The zero-order valence-electron chi connectivity index (χ0n) is 17.4. The maximum absolute atomic E-state index is 5.75. The van der Waals surface area contributed by atoms with Gasteiger partial charge < -0.3 is 15.0 Å². The molecule has 1 aromatic carbocycles. The van der Waals surface area contributed by atoms with E-state index in [4.69, 9.17) is 9.73 Å². The van der Waals surface area contributed by atoms with Gasteiger partial charge in [-0.25, -0.2) is 4.99 Å². The lowest BCUT2D eigenvalue weighted by Gasteiger charge is -2.22. The van der Waals surface area contributed by atoms with Gasteiger partial charge in [0.15, 0.2) is 5.96 Å². The van der Waals surface area contributed by atoms with Gasteiger partial charge >= 0.3 is 0 Å². The Morgan fingerprint density at radius 2 is 2.11 bits per heavy atom. The number of nitrogens with zero attached hydrogens (tertiary/aromatic N) is 4. The molecule has 0 saturated carbocycles. The van der Waals surface area contributed by atoms with E-state index in [1.165, 1.54) is 16.7 Å². The van der Waals surface area contributed by atoms with E-state index in [1.54, 1.807) is 0 Å². The molecule has 2 aromatic rings. The van der Waals surface area contributed by atoms with Crippen LogP contribution >= 0.6 is 0 Å². The Labute approximate surface area is 168 Å². The summed E-state index contributed by atoms with van der Waals surface area (Å²) in [5.74, 6) is 1.52. The lowest BCUT2D eigenvalue weighted by Crippen LogP contribution is -2.40. The Balaban J connectivity index is 1.66. The Bertz CT molecular complexity index is 770. The zero-order chi connectivity index (χ0) is 19.8. The Kier molecular flexibility index (Phi) is 7.48. The molecule has 1 atom stereocenters. The Morgan fingerprint density at radius 3 is 2.82 bits per heavy atom. The van der Waals surface area contributed by atoms with Gasteiger partial charge in [0.2, 0.25) is 0 Å². The zero-order valence-corrected chi connectivity index (χ0v) is 17.4. The second kappa shape index (κ2) is 10.3. The predicted octanol–water partition coefficient (Wildman–Crippen LogP) is 3.30. The van der Waals surface area contributed by atoms with Crippen LogP contribution in [0.25, 0.3) is 0 Å². The Morgan fingerprint density at radius 1 is 1.29 bits per heavy atom. The third-order valence-electron chi connectivity index (χ3n) is 5.14. The number of likely N-dealkylation sites (tertiary alicyclic amines) is 1. The summed E-state index contributed by atoms with van der Waals surface area (Å²) in [5, 5.41) is 7.79. The predicted molar refractivity (Wildman–Crippen MR) is 113 cm³/mol. The lowest BCUT2D eigenvalue weighted by molar-refractivity contribution is 0.121. The number of aryl methyl sites for hydroxylation is 1. The third-order valence-corrected chi connectivity index (χ3v) is 5.14. The van der Waals surface area contributed by atoms with Gasteiger partial charge in [-0.2, -0.15) is 5.10 Å². The van der Waals surface area contributed by atoms with Gasteiger partial charge in [0.05, 0.1) is 19.3 Å². The van der Waals surface area contributed by atoms with Gasteiger partial charge in [-0.15, -0.1) is 0 Å². The van der Waals surface area contributed by atoms with E-state index in [1.807, 2.05) is 17.9 Å². The van der Waals surface area contributed by atoms with Crippen LogP contribution in [0.4, 0.5) is 0 Å². The molecule has 3 rings (SSSR count). The highest BCUT2D eigenvalue weighted by molar-refractivity contribution is 5.80. The highest BCUT2D eigenvalue weighted by Gasteiger charge is 2.26. The standard InChI is InChI=1S/C22H33N5O/c1-4-12-28-17-20-9-7-6-8-18(20)13-24-22(23-5-2)27-11-10-19(16-27)21-14-25-26(3)15-21/h6-9,14-15,19H,4-5,10-13,16-17H2,1-3H3,(H,23,24). The summed E-state index contributed by atoms with van der Waals surface area (Å²) in [6, 6.07) is 8.44.